The van der Waals surface area contributed by atoms with Gasteiger partial charge in [0, 0.05) is 18.0 Å². The minimum atomic E-state index is -2.03. The van der Waals surface area contributed by atoms with E-state index >= 15 is 0 Å². The van der Waals surface area contributed by atoms with E-state index in [4.69, 9.17) is 4.74 Å². The topological polar surface area (TPSA) is 154 Å². The highest BCUT2D eigenvalue weighted by molar-refractivity contribution is 5.56. The molecule has 0 saturated carbocycles. The number of benzene rings is 1. The van der Waals surface area contributed by atoms with Crippen LogP contribution in [0, 0.1) is 6.92 Å². The van der Waals surface area contributed by atoms with Crippen molar-refractivity contribution in [2.45, 2.75) is 44.6 Å². The van der Waals surface area contributed by atoms with Gasteiger partial charge in [0.25, 0.3) is 0 Å². The van der Waals surface area contributed by atoms with Gasteiger partial charge < -0.3 is 30.3 Å². The zero-order chi connectivity index (χ0) is 22.5. The Labute approximate surface area is 179 Å². The van der Waals surface area contributed by atoms with Crippen molar-refractivity contribution < 1.29 is 30.3 Å². The number of pyridine rings is 1. The second-order valence-corrected chi connectivity index (χ2v) is 7.25. The molecule has 166 valence electrons. The largest absolute Gasteiger partial charge is 0.394 e. The summed E-state index contributed by atoms with van der Waals surface area (Å²) < 4.78 is 6.96. The molecule has 31 heavy (non-hydrogen) atoms. The monoisotopic (exact) mass is 430 g/mol. The molecule has 4 unspecified atom stereocenters. The lowest BCUT2D eigenvalue weighted by molar-refractivity contribution is -0.216. The van der Waals surface area contributed by atoms with Gasteiger partial charge in [-0.3, -0.25) is 4.98 Å². The maximum absolute atomic E-state index is 10.7. The van der Waals surface area contributed by atoms with Gasteiger partial charge in [-0.25, -0.2) is 4.68 Å². The summed E-state index contributed by atoms with van der Waals surface area (Å²) in [5, 5.41) is 57.3. The Morgan fingerprint density at radius 3 is 2.48 bits per heavy atom. The quantitative estimate of drug-likeness (QED) is 0.298. The Hall–Kier alpha value is -2.73. The van der Waals surface area contributed by atoms with Crippen LogP contribution in [0.25, 0.3) is 16.9 Å². The van der Waals surface area contributed by atoms with Crippen molar-refractivity contribution in [1.82, 2.24) is 20.0 Å². The van der Waals surface area contributed by atoms with Gasteiger partial charge in [-0.1, -0.05) is 11.3 Å². The molecule has 2 aromatic heterocycles. The fraction of sp³-hybridized carbons (Fsp3) is 0.381. The van der Waals surface area contributed by atoms with E-state index in [9.17, 15) is 25.5 Å². The first kappa shape index (κ1) is 22.9. The van der Waals surface area contributed by atoms with Crippen LogP contribution in [0.4, 0.5) is 0 Å². The van der Waals surface area contributed by atoms with E-state index in [1.807, 2.05) is 12.1 Å². The number of aliphatic hydroxyl groups is 5. The molecule has 0 aliphatic carbocycles. The van der Waals surface area contributed by atoms with Gasteiger partial charge in [-0.2, -0.15) is 0 Å². The standard InChI is InChI=1S/C21H26N4O6/c1-12-8-15(25-10-17(23-24-25)14-4-3-7-22-9-14)5-6-16(12)19(28)20(21(29)30)31-18(11-26)13(2)27/h3-10,13,18-21,26-30H,11H2,1-2H3. The van der Waals surface area contributed by atoms with Crippen molar-refractivity contribution in [2.75, 3.05) is 6.61 Å². The maximum atomic E-state index is 10.7. The van der Waals surface area contributed by atoms with Crippen LogP contribution >= 0.6 is 0 Å². The van der Waals surface area contributed by atoms with Crippen LogP contribution in [-0.4, -0.2) is 76.7 Å². The Morgan fingerprint density at radius 1 is 1.13 bits per heavy atom. The molecule has 10 heteroatoms. The lowest BCUT2D eigenvalue weighted by atomic mass is 9.98. The van der Waals surface area contributed by atoms with Crippen molar-refractivity contribution in [1.29, 1.82) is 0 Å². The molecular formula is C21H26N4O6. The van der Waals surface area contributed by atoms with E-state index in [0.29, 0.717) is 22.5 Å². The molecule has 0 saturated heterocycles. The molecule has 3 aromatic rings. The summed E-state index contributed by atoms with van der Waals surface area (Å²) in [6, 6.07) is 8.77. The Morgan fingerprint density at radius 2 is 1.90 bits per heavy atom. The van der Waals surface area contributed by atoms with Crippen LogP contribution in [0.15, 0.2) is 48.9 Å². The fourth-order valence-corrected chi connectivity index (χ4v) is 3.17. The predicted octanol–water partition coefficient (Wildman–Crippen LogP) is 0.109. The predicted molar refractivity (Wildman–Crippen MR) is 110 cm³/mol. The molecule has 0 fully saturated rings. The summed E-state index contributed by atoms with van der Waals surface area (Å²) in [4.78, 5) is 4.07. The Kier molecular flexibility index (Phi) is 7.44. The van der Waals surface area contributed by atoms with Crippen LogP contribution < -0.4 is 0 Å². The fourth-order valence-electron chi connectivity index (χ4n) is 3.17. The van der Waals surface area contributed by atoms with Crippen LogP contribution in [0.1, 0.15) is 24.2 Å². The number of nitrogens with zero attached hydrogens (tertiary/aromatic N) is 4. The van der Waals surface area contributed by atoms with Crippen molar-refractivity contribution in [3.63, 3.8) is 0 Å². The molecule has 0 spiro atoms. The maximum Gasteiger partial charge on any atom is 0.181 e. The van der Waals surface area contributed by atoms with Crippen LogP contribution in [0.5, 0.6) is 0 Å². The molecule has 0 bridgehead atoms. The average molecular weight is 430 g/mol. The molecule has 2 heterocycles. The number of aryl methyl sites for hydroxylation is 1. The van der Waals surface area contributed by atoms with Gasteiger partial charge in [0.1, 0.15) is 24.0 Å². The van der Waals surface area contributed by atoms with E-state index < -0.39 is 37.3 Å². The summed E-state index contributed by atoms with van der Waals surface area (Å²) in [5.74, 6) is 0. The van der Waals surface area contributed by atoms with Gasteiger partial charge in [0.15, 0.2) is 6.29 Å². The SMILES string of the molecule is Cc1cc(-n2cc(-c3cccnc3)nn2)ccc1C(O)C(OC(CO)C(C)O)C(O)O. The molecule has 1 aromatic carbocycles. The third-order valence-corrected chi connectivity index (χ3v) is 4.94. The summed E-state index contributed by atoms with van der Waals surface area (Å²) in [5.41, 5.74) is 3.22. The highest BCUT2D eigenvalue weighted by Gasteiger charge is 2.32. The Bertz CT molecular complexity index is 979. The van der Waals surface area contributed by atoms with Crippen LogP contribution in [0.2, 0.25) is 0 Å². The first-order valence-corrected chi connectivity index (χ1v) is 9.74. The van der Waals surface area contributed by atoms with Crippen LogP contribution in [-0.2, 0) is 4.74 Å². The second-order valence-electron chi connectivity index (χ2n) is 7.25. The second kappa shape index (κ2) is 10.1. The number of hydrogen-bond donors (Lipinski definition) is 5. The number of rotatable bonds is 9. The minimum Gasteiger partial charge on any atom is -0.394 e. The summed E-state index contributed by atoms with van der Waals surface area (Å²) in [7, 11) is 0. The molecule has 0 aliphatic rings. The van der Waals surface area contributed by atoms with Crippen LogP contribution in [0.3, 0.4) is 0 Å². The molecule has 0 aliphatic heterocycles. The molecule has 4 atom stereocenters. The molecule has 0 radical (unpaired) electrons. The van der Waals surface area contributed by atoms with E-state index in [0.717, 1.165) is 5.56 Å². The number of aliphatic hydroxyl groups excluding tert-OH is 4. The average Bonchev–Trinajstić information content (AvgIpc) is 3.24. The summed E-state index contributed by atoms with van der Waals surface area (Å²) in [6.07, 6.45) is -1.95. The highest BCUT2D eigenvalue weighted by Crippen LogP contribution is 2.27. The summed E-state index contributed by atoms with van der Waals surface area (Å²) in [6.45, 7) is 2.60. The smallest absolute Gasteiger partial charge is 0.181 e. The first-order chi connectivity index (χ1) is 14.8. The number of hydrogen-bond acceptors (Lipinski definition) is 9. The zero-order valence-electron chi connectivity index (χ0n) is 17.1. The van der Waals surface area contributed by atoms with Crippen molar-refractivity contribution >= 4 is 0 Å². The number of ether oxygens (including phenoxy) is 1. The highest BCUT2D eigenvalue weighted by atomic mass is 16.6. The summed E-state index contributed by atoms with van der Waals surface area (Å²) >= 11 is 0. The molecular weight excluding hydrogens is 404 g/mol. The molecule has 3 rings (SSSR count). The van der Waals surface area contributed by atoms with Gasteiger partial charge >= 0.3 is 0 Å². The normalized spacial score (nSPS) is 15.6. The van der Waals surface area contributed by atoms with E-state index in [-0.39, 0.29) is 0 Å². The van der Waals surface area contributed by atoms with Gasteiger partial charge in [0.05, 0.1) is 24.6 Å². The third-order valence-electron chi connectivity index (χ3n) is 4.94. The van der Waals surface area contributed by atoms with Crippen molar-refractivity contribution in [3.05, 3.63) is 60.0 Å². The molecule has 10 nitrogen and oxygen atoms in total. The molecule has 0 amide bonds. The first-order valence-electron chi connectivity index (χ1n) is 9.74. The minimum absolute atomic E-state index is 0.400. The van der Waals surface area contributed by atoms with Crippen molar-refractivity contribution in [3.8, 4) is 16.9 Å². The lowest BCUT2D eigenvalue weighted by Crippen LogP contribution is -2.42. The lowest BCUT2D eigenvalue weighted by Gasteiger charge is -2.30. The van der Waals surface area contributed by atoms with Gasteiger partial charge in [0.2, 0.25) is 0 Å². The Balaban J connectivity index is 1.83. The third kappa shape index (κ3) is 5.31. The van der Waals surface area contributed by atoms with E-state index in [2.05, 4.69) is 15.3 Å². The zero-order valence-corrected chi connectivity index (χ0v) is 17.1. The van der Waals surface area contributed by atoms with E-state index in [1.165, 1.54) is 6.92 Å². The van der Waals surface area contributed by atoms with Gasteiger partial charge in [-0.05, 0) is 49.2 Å². The van der Waals surface area contributed by atoms with Crippen molar-refractivity contribution in [2.24, 2.45) is 0 Å². The molecule has 5 N–H and O–H groups in total. The van der Waals surface area contributed by atoms with Gasteiger partial charge in [-0.15, -0.1) is 5.10 Å². The number of aromatic nitrogens is 4. The van der Waals surface area contributed by atoms with E-state index in [1.54, 1.807) is 48.4 Å².